The molecule has 1 aliphatic heterocycles. The fourth-order valence-electron chi connectivity index (χ4n) is 3.22. The average Bonchev–Trinajstić information content (AvgIpc) is 3.00. The largest absolute Gasteiger partial charge is 0.497 e. The Kier molecular flexibility index (Phi) is 4.53. The number of ether oxygens (including phenoxy) is 1. The summed E-state index contributed by atoms with van der Waals surface area (Å²) in [5.74, 6) is -0.227. The van der Waals surface area contributed by atoms with Crippen LogP contribution in [-0.4, -0.2) is 48.4 Å². The van der Waals surface area contributed by atoms with E-state index >= 15 is 4.39 Å². The van der Waals surface area contributed by atoms with Gasteiger partial charge in [-0.1, -0.05) is 36.4 Å². The third-order valence-electron chi connectivity index (χ3n) is 4.55. The van der Waals surface area contributed by atoms with Crippen molar-refractivity contribution in [3.05, 3.63) is 65.7 Å². The normalized spacial score (nSPS) is 23.3. The first-order valence-corrected chi connectivity index (χ1v) is 7.85. The molecule has 5 heteroatoms. The van der Waals surface area contributed by atoms with Crippen LogP contribution in [0.15, 0.2) is 54.6 Å². The van der Waals surface area contributed by atoms with E-state index in [4.69, 9.17) is 4.74 Å². The van der Waals surface area contributed by atoms with Crippen molar-refractivity contribution in [1.29, 1.82) is 0 Å². The maximum absolute atomic E-state index is 15.2. The highest BCUT2D eigenvalue weighted by Crippen LogP contribution is 2.39. The lowest BCUT2D eigenvalue weighted by molar-refractivity contribution is 0.0575. The number of hydrogen-bond donors (Lipinski definition) is 1. The highest BCUT2D eigenvalue weighted by molar-refractivity contribution is 5.95. The van der Waals surface area contributed by atoms with Crippen LogP contribution in [0.25, 0.3) is 0 Å². The fourth-order valence-corrected chi connectivity index (χ4v) is 3.22. The van der Waals surface area contributed by atoms with Gasteiger partial charge in [0.25, 0.3) is 5.91 Å². The van der Waals surface area contributed by atoms with Gasteiger partial charge in [0.15, 0.2) is 5.67 Å². The predicted molar refractivity (Wildman–Crippen MR) is 89.0 cm³/mol. The van der Waals surface area contributed by atoms with Crippen LogP contribution >= 0.6 is 0 Å². The van der Waals surface area contributed by atoms with Gasteiger partial charge in [0.05, 0.1) is 20.3 Å². The smallest absolute Gasteiger partial charge is 0.254 e. The summed E-state index contributed by atoms with van der Waals surface area (Å²) >= 11 is 0. The Bertz CT molecular complexity index is 722. The molecule has 0 aliphatic carbocycles. The summed E-state index contributed by atoms with van der Waals surface area (Å²) in [6, 6.07) is 16.0. The second kappa shape index (κ2) is 6.61. The number of likely N-dealkylation sites (tertiary alicyclic amines) is 1. The maximum atomic E-state index is 15.2. The van der Waals surface area contributed by atoms with Crippen molar-refractivity contribution in [2.75, 3.05) is 26.8 Å². The van der Waals surface area contributed by atoms with E-state index in [1.807, 2.05) is 30.3 Å². The Morgan fingerprint density at radius 3 is 2.71 bits per heavy atom. The number of alkyl halides is 1. The van der Waals surface area contributed by atoms with E-state index in [1.54, 1.807) is 24.3 Å². The van der Waals surface area contributed by atoms with Gasteiger partial charge in [0, 0.05) is 18.0 Å². The fraction of sp³-hybridized carbons (Fsp3) is 0.316. The van der Waals surface area contributed by atoms with Gasteiger partial charge in [-0.25, -0.2) is 4.39 Å². The molecule has 0 unspecified atom stereocenters. The van der Waals surface area contributed by atoms with Crippen molar-refractivity contribution in [3.8, 4) is 5.75 Å². The SMILES string of the molecule is COc1cccc(C(=O)N2C[C@@H](c3ccccc3)[C@@](F)(CO)C2)c1. The average molecular weight is 329 g/mol. The van der Waals surface area contributed by atoms with E-state index in [2.05, 4.69) is 0 Å². The Labute approximate surface area is 140 Å². The van der Waals surface area contributed by atoms with Crippen LogP contribution in [0, 0.1) is 0 Å². The lowest BCUT2D eigenvalue weighted by Gasteiger charge is -2.23. The Morgan fingerprint density at radius 1 is 1.29 bits per heavy atom. The van der Waals surface area contributed by atoms with Crippen molar-refractivity contribution in [2.24, 2.45) is 0 Å². The molecule has 24 heavy (non-hydrogen) atoms. The Hall–Kier alpha value is -2.40. The number of amides is 1. The maximum Gasteiger partial charge on any atom is 0.254 e. The number of nitrogens with zero attached hydrogens (tertiary/aromatic N) is 1. The molecule has 2 aromatic rings. The summed E-state index contributed by atoms with van der Waals surface area (Å²) in [5.41, 5.74) is -0.603. The standard InChI is InChI=1S/C19H20FNO3/c1-24-16-9-5-8-15(10-16)18(23)21-11-17(19(20,12-21)13-22)14-6-3-2-4-7-14/h2-10,17,22H,11-13H2,1H3/t17-,19-/m0/s1. The zero-order valence-electron chi connectivity index (χ0n) is 13.5. The number of carbonyl (C=O) groups is 1. The van der Waals surface area contributed by atoms with Crippen LogP contribution in [0.4, 0.5) is 4.39 Å². The van der Waals surface area contributed by atoms with Gasteiger partial charge < -0.3 is 14.7 Å². The Balaban J connectivity index is 1.86. The van der Waals surface area contributed by atoms with Crippen molar-refractivity contribution >= 4 is 5.91 Å². The van der Waals surface area contributed by atoms with Gasteiger partial charge in [-0.05, 0) is 23.8 Å². The first kappa shape index (κ1) is 16.5. The van der Waals surface area contributed by atoms with Gasteiger partial charge >= 0.3 is 0 Å². The quantitative estimate of drug-likeness (QED) is 0.938. The molecule has 1 aliphatic rings. The molecular weight excluding hydrogens is 309 g/mol. The summed E-state index contributed by atoms with van der Waals surface area (Å²) in [7, 11) is 1.53. The summed E-state index contributed by atoms with van der Waals surface area (Å²) in [6.07, 6.45) is 0. The molecule has 2 aromatic carbocycles. The van der Waals surface area contributed by atoms with Crippen LogP contribution in [0.2, 0.25) is 0 Å². The molecule has 3 rings (SSSR count). The predicted octanol–water partition coefficient (Wildman–Crippen LogP) is 2.64. The molecule has 1 amide bonds. The van der Waals surface area contributed by atoms with Crippen LogP contribution in [0.3, 0.4) is 0 Å². The van der Waals surface area contributed by atoms with Crippen LogP contribution in [0.1, 0.15) is 21.8 Å². The molecule has 1 heterocycles. The monoisotopic (exact) mass is 329 g/mol. The van der Waals surface area contributed by atoms with Crippen molar-refractivity contribution in [3.63, 3.8) is 0 Å². The van der Waals surface area contributed by atoms with Crippen LogP contribution in [0.5, 0.6) is 5.75 Å². The molecule has 0 saturated carbocycles. The molecule has 1 N–H and O–H groups in total. The van der Waals surface area contributed by atoms with Gasteiger partial charge in [-0.15, -0.1) is 0 Å². The van der Waals surface area contributed by atoms with Crippen molar-refractivity contribution in [1.82, 2.24) is 4.90 Å². The molecule has 126 valence electrons. The van der Waals surface area contributed by atoms with E-state index in [0.29, 0.717) is 11.3 Å². The minimum absolute atomic E-state index is 0.126. The summed E-state index contributed by atoms with van der Waals surface area (Å²) < 4.78 is 20.3. The van der Waals surface area contributed by atoms with Crippen molar-refractivity contribution < 1.29 is 19.0 Å². The lowest BCUT2D eigenvalue weighted by Crippen LogP contribution is -2.37. The van der Waals surface area contributed by atoms with Crippen molar-refractivity contribution in [2.45, 2.75) is 11.6 Å². The van der Waals surface area contributed by atoms with E-state index in [9.17, 15) is 9.90 Å². The third-order valence-corrected chi connectivity index (χ3v) is 4.55. The first-order valence-electron chi connectivity index (χ1n) is 7.85. The molecule has 0 spiro atoms. The molecule has 1 fully saturated rings. The van der Waals surface area contributed by atoms with Gasteiger partial charge in [-0.2, -0.15) is 0 Å². The number of aliphatic hydroxyl groups excluding tert-OH is 1. The summed E-state index contributed by atoms with van der Waals surface area (Å²) in [6.45, 7) is -0.509. The number of benzene rings is 2. The topological polar surface area (TPSA) is 49.8 Å². The summed E-state index contributed by atoms with van der Waals surface area (Å²) in [4.78, 5) is 14.2. The highest BCUT2D eigenvalue weighted by Gasteiger charge is 2.49. The molecule has 2 atom stereocenters. The molecule has 0 aromatic heterocycles. The second-order valence-corrected chi connectivity index (χ2v) is 6.07. The van der Waals surface area contributed by atoms with Crippen LogP contribution < -0.4 is 4.74 Å². The van der Waals surface area contributed by atoms with E-state index < -0.39 is 18.2 Å². The lowest BCUT2D eigenvalue weighted by atomic mass is 9.87. The molecule has 4 nitrogen and oxygen atoms in total. The number of methoxy groups -OCH3 is 1. The number of hydrogen-bond acceptors (Lipinski definition) is 3. The zero-order chi connectivity index (χ0) is 17.2. The highest BCUT2D eigenvalue weighted by atomic mass is 19.1. The summed E-state index contributed by atoms with van der Waals surface area (Å²) in [5, 5.41) is 9.58. The molecule has 0 radical (unpaired) electrons. The zero-order valence-corrected chi connectivity index (χ0v) is 13.5. The molecule has 1 saturated heterocycles. The van der Waals surface area contributed by atoms with E-state index in [1.165, 1.54) is 12.0 Å². The minimum Gasteiger partial charge on any atom is -0.497 e. The number of halogens is 1. The van der Waals surface area contributed by atoms with Gasteiger partial charge in [0.2, 0.25) is 0 Å². The number of carbonyl (C=O) groups excluding carboxylic acids is 1. The number of rotatable bonds is 4. The van der Waals surface area contributed by atoms with Crippen LogP contribution in [-0.2, 0) is 0 Å². The minimum atomic E-state index is -1.84. The van der Waals surface area contributed by atoms with E-state index in [0.717, 1.165) is 5.56 Å². The third kappa shape index (κ3) is 2.99. The Morgan fingerprint density at radius 2 is 2.04 bits per heavy atom. The number of aliphatic hydroxyl groups is 1. The van der Waals surface area contributed by atoms with Gasteiger partial charge in [-0.3, -0.25) is 4.79 Å². The molecular formula is C19H20FNO3. The van der Waals surface area contributed by atoms with E-state index in [-0.39, 0.29) is 19.0 Å². The first-order chi connectivity index (χ1) is 11.6. The molecule has 0 bridgehead atoms. The second-order valence-electron chi connectivity index (χ2n) is 6.07. The van der Waals surface area contributed by atoms with Gasteiger partial charge in [0.1, 0.15) is 5.75 Å².